The zero-order valence-electron chi connectivity index (χ0n) is 19.8. The van der Waals surface area contributed by atoms with Crippen molar-refractivity contribution >= 4 is 20.2 Å². The molecule has 0 saturated carbocycles. The van der Waals surface area contributed by atoms with Crippen molar-refractivity contribution in [2.24, 2.45) is 0 Å². The molecule has 0 radical (unpaired) electrons. The predicted octanol–water partition coefficient (Wildman–Crippen LogP) is 5.95. The van der Waals surface area contributed by atoms with Gasteiger partial charge in [0.15, 0.2) is 0 Å². The number of benzene rings is 4. The second-order valence-corrected chi connectivity index (χ2v) is 11.3. The monoisotopic (exact) mass is 543 g/mol. The molecule has 4 aromatic carbocycles. The average Bonchev–Trinajstić information content (AvgIpc) is 2.94. The smallest absolute Gasteiger partial charge is 0.339 e. The Hall–Kier alpha value is -4.47. The molecule has 0 fully saturated rings. The first-order valence-electron chi connectivity index (χ1n) is 11.5. The van der Waals surface area contributed by atoms with E-state index in [-0.39, 0.29) is 21.3 Å². The van der Waals surface area contributed by atoms with Crippen molar-refractivity contribution in [1.82, 2.24) is 4.98 Å². The molecule has 9 heteroatoms. The zero-order chi connectivity index (χ0) is 26.6. The molecule has 0 aliphatic carbocycles. The summed E-state index contributed by atoms with van der Waals surface area (Å²) in [5.41, 5.74) is 2.88. The molecule has 0 atom stereocenters. The Morgan fingerprint density at radius 2 is 0.789 bits per heavy atom. The lowest BCUT2D eigenvalue weighted by Crippen LogP contribution is -2.09. The van der Waals surface area contributed by atoms with Crippen molar-refractivity contribution in [1.29, 1.82) is 0 Å². The molecule has 0 bridgehead atoms. The van der Waals surface area contributed by atoms with Crippen LogP contribution in [0.3, 0.4) is 0 Å². The minimum absolute atomic E-state index is 0.0764. The summed E-state index contributed by atoms with van der Waals surface area (Å²) in [6.07, 6.45) is 0. The Labute approximate surface area is 221 Å². The molecule has 0 amide bonds. The largest absolute Gasteiger partial charge is 0.379 e. The Morgan fingerprint density at radius 3 is 1.16 bits per heavy atom. The molecule has 0 unspecified atom stereocenters. The van der Waals surface area contributed by atoms with Gasteiger partial charge >= 0.3 is 20.2 Å². The van der Waals surface area contributed by atoms with E-state index in [1.807, 2.05) is 18.2 Å². The molecule has 7 nitrogen and oxygen atoms in total. The fourth-order valence-electron chi connectivity index (χ4n) is 3.64. The van der Waals surface area contributed by atoms with E-state index in [1.165, 1.54) is 24.3 Å². The number of hydrogen-bond acceptors (Lipinski definition) is 7. The molecule has 1 heterocycles. The fourth-order valence-corrected chi connectivity index (χ4v) is 5.54. The zero-order valence-corrected chi connectivity index (χ0v) is 21.5. The lowest BCUT2D eigenvalue weighted by Gasteiger charge is -2.09. The van der Waals surface area contributed by atoms with Crippen molar-refractivity contribution in [2.75, 3.05) is 0 Å². The summed E-state index contributed by atoms with van der Waals surface area (Å²) < 4.78 is 60.3. The van der Waals surface area contributed by atoms with Crippen LogP contribution in [-0.4, -0.2) is 21.8 Å². The van der Waals surface area contributed by atoms with Gasteiger partial charge < -0.3 is 8.37 Å². The van der Waals surface area contributed by atoms with Crippen LogP contribution < -0.4 is 8.37 Å². The van der Waals surface area contributed by atoms with Gasteiger partial charge in [0, 0.05) is 11.1 Å². The maximum absolute atomic E-state index is 12.5. The van der Waals surface area contributed by atoms with E-state index in [4.69, 9.17) is 13.4 Å². The topological polar surface area (TPSA) is 99.6 Å². The van der Waals surface area contributed by atoms with E-state index in [9.17, 15) is 16.8 Å². The third-order valence-electron chi connectivity index (χ3n) is 5.52. The van der Waals surface area contributed by atoms with Crippen molar-refractivity contribution in [3.05, 3.63) is 127 Å². The molecule has 0 aliphatic heterocycles. The van der Waals surface area contributed by atoms with Gasteiger partial charge in [0.25, 0.3) is 0 Å². The Bertz CT molecular complexity index is 1630. The highest BCUT2D eigenvalue weighted by molar-refractivity contribution is 7.87. The van der Waals surface area contributed by atoms with Crippen molar-refractivity contribution < 1.29 is 25.2 Å². The fraction of sp³-hybridized carbons (Fsp3) is 0. The molecular weight excluding hydrogens is 522 g/mol. The summed E-state index contributed by atoms with van der Waals surface area (Å²) in [5, 5.41) is 0. The molecule has 0 saturated heterocycles. The normalized spacial score (nSPS) is 11.6. The summed E-state index contributed by atoms with van der Waals surface area (Å²) in [5.74, 6) is 0.379. The van der Waals surface area contributed by atoms with Gasteiger partial charge in [-0.3, -0.25) is 0 Å². The van der Waals surface area contributed by atoms with Crippen LogP contribution >= 0.6 is 0 Å². The van der Waals surface area contributed by atoms with Crippen LogP contribution in [0.25, 0.3) is 22.5 Å². The molecular formula is C29H21NO6S2. The van der Waals surface area contributed by atoms with Crippen molar-refractivity contribution in [3.63, 3.8) is 0 Å². The van der Waals surface area contributed by atoms with Crippen molar-refractivity contribution in [3.8, 4) is 34.0 Å². The number of rotatable bonds is 8. The second-order valence-electron chi connectivity index (χ2n) is 8.16. The molecule has 5 rings (SSSR count). The number of pyridine rings is 1. The number of nitrogens with zero attached hydrogens (tertiary/aromatic N) is 1. The van der Waals surface area contributed by atoms with Gasteiger partial charge in [-0.15, -0.1) is 0 Å². The second kappa shape index (κ2) is 10.5. The molecule has 190 valence electrons. The van der Waals surface area contributed by atoms with Gasteiger partial charge in [0.1, 0.15) is 21.3 Å². The molecule has 0 aliphatic rings. The standard InChI is InChI=1S/C29H21NO6S2/c31-37(32,26-8-3-1-4-9-26)35-24-18-14-22(15-19-24)28-12-7-13-29(30-28)23-16-20-25(21-17-23)36-38(33,34)27-10-5-2-6-11-27/h1-21H. The third kappa shape index (κ3) is 5.74. The van der Waals surface area contributed by atoms with Gasteiger partial charge in [0.05, 0.1) is 11.4 Å². The first kappa shape index (κ1) is 25.2. The highest BCUT2D eigenvalue weighted by Gasteiger charge is 2.17. The summed E-state index contributed by atoms with van der Waals surface area (Å²) in [7, 11) is -7.86. The summed E-state index contributed by atoms with van der Waals surface area (Å²) >= 11 is 0. The quantitative estimate of drug-likeness (QED) is 0.223. The SMILES string of the molecule is O=S(=O)(Oc1ccc(-c2cccc(-c3ccc(OS(=O)(=O)c4ccccc4)cc3)n2)cc1)c1ccccc1. The van der Waals surface area contributed by atoms with Gasteiger partial charge in [-0.25, -0.2) is 4.98 Å². The minimum atomic E-state index is -3.93. The van der Waals surface area contributed by atoms with Crippen LogP contribution in [0.4, 0.5) is 0 Å². The summed E-state index contributed by atoms with van der Waals surface area (Å²) in [4.78, 5) is 4.85. The van der Waals surface area contributed by atoms with E-state index in [2.05, 4.69) is 0 Å². The van der Waals surface area contributed by atoms with Crippen LogP contribution in [0, 0.1) is 0 Å². The van der Waals surface area contributed by atoms with E-state index >= 15 is 0 Å². The van der Waals surface area contributed by atoms with Gasteiger partial charge in [-0.2, -0.15) is 16.8 Å². The molecule has 5 aromatic rings. The Morgan fingerprint density at radius 1 is 0.421 bits per heavy atom. The minimum Gasteiger partial charge on any atom is -0.379 e. The number of aromatic nitrogens is 1. The molecule has 1 aromatic heterocycles. The number of hydrogen-bond donors (Lipinski definition) is 0. The maximum atomic E-state index is 12.5. The van der Waals surface area contributed by atoms with Gasteiger partial charge in [-0.05, 0) is 84.9 Å². The van der Waals surface area contributed by atoms with E-state index in [0.29, 0.717) is 11.4 Å². The lowest BCUT2D eigenvalue weighted by molar-refractivity contribution is 0.484. The lowest BCUT2D eigenvalue weighted by atomic mass is 10.1. The first-order valence-corrected chi connectivity index (χ1v) is 14.3. The van der Waals surface area contributed by atoms with E-state index in [1.54, 1.807) is 84.9 Å². The first-order chi connectivity index (χ1) is 18.3. The predicted molar refractivity (Wildman–Crippen MR) is 144 cm³/mol. The van der Waals surface area contributed by atoms with Crippen LogP contribution in [0.2, 0.25) is 0 Å². The Balaban J connectivity index is 1.31. The van der Waals surface area contributed by atoms with Crippen LogP contribution in [0.5, 0.6) is 11.5 Å². The average molecular weight is 544 g/mol. The van der Waals surface area contributed by atoms with Gasteiger partial charge in [-0.1, -0.05) is 42.5 Å². The van der Waals surface area contributed by atoms with E-state index in [0.717, 1.165) is 11.1 Å². The maximum Gasteiger partial charge on any atom is 0.339 e. The summed E-state index contributed by atoms with van der Waals surface area (Å²) in [6.45, 7) is 0. The van der Waals surface area contributed by atoms with Gasteiger partial charge in [0.2, 0.25) is 0 Å². The third-order valence-corrected chi connectivity index (χ3v) is 8.05. The molecule has 38 heavy (non-hydrogen) atoms. The summed E-state index contributed by atoms with van der Waals surface area (Å²) in [6, 6.07) is 34.6. The van der Waals surface area contributed by atoms with Crippen LogP contribution in [-0.2, 0) is 20.2 Å². The van der Waals surface area contributed by atoms with E-state index < -0.39 is 20.2 Å². The Kier molecular flexibility index (Phi) is 6.95. The molecule has 0 spiro atoms. The molecule has 0 N–H and O–H groups in total. The van der Waals surface area contributed by atoms with Crippen molar-refractivity contribution in [2.45, 2.75) is 9.79 Å². The highest BCUT2D eigenvalue weighted by atomic mass is 32.2. The van der Waals surface area contributed by atoms with Crippen LogP contribution in [0.15, 0.2) is 137 Å². The highest BCUT2D eigenvalue weighted by Crippen LogP contribution is 2.27. The van der Waals surface area contributed by atoms with Crippen LogP contribution in [0.1, 0.15) is 0 Å².